The fourth-order valence-corrected chi connectivity index (χ4v) is 1.74. The van der Waals surface area contributed by atoms with Gasteiger partial charge in [-0.05, 0) is 19.3 Å². The van der Waals surface area contributed by atoms with E-state index in [0.717, 1.165) is 12.8 Å². The number of aromatic nitrogens is 3. The first kappa shape index (κ1) is 11.1. The Bertz CT molecular complexity index is 344. The van der Waals surface area contributed by atoms with Crippen molar-refractivity contribution >= 4 is 5.91 Å². The van der Waals surface area contributed by atoms with Gasteiger partial charge in [0.05, 0.1) is 12.7 Å². The van der Waals surface area contributed by atoms with Gasteiger partial charge < -0.3 is 11.1 Å². The van der Waals surface area contributed by atoms with E-state index in [2.05, 4.69) is 15.6 Å². The average Bonchev–Trinajstić information content (AvgIpc) is 2.73. The normalized spacial score (nSPS) is 17.8. The van der Waals surface area contributed by atoms with Crippen LogP contribution in [0.15, 0.2) is 12.4 Å². The first-order valence-corrected chi connectivity index (χ1v) is 5.58. The highest BCUT2D eigenvalue weighted by molar-refractivity contribution is 5.75. The smallest absolute Gasteiger partial charge is 0.221 e. The third kappa shape index (κ3) is 2.79. The first-order chi connectivity index (χ1) is 7.68. The summed E-state index contributed by atoms with van der Waals surface area (Å²) in [6.07, 6.45) is 6.95. The Kier molecular flexibility index (Phi) is 3.19. The SMILES string of the molecule is NC1(CNC(=O)CCn2ccnn2)CCC1. The summed E-state index contributed by atoms with van der Waals surface area (Å²) < 4.78 is 1.64. The third-order valence-corrected chi connectivity index (χ3v) is 3.03. The molecule has 2 rings (SSSR count). The van der Waals surface area contributed by atoms with Crippen LogP contribution in [-0.2, 0) is 11.3 Å². The van der Waals surface area contributed by atoms with Crippen molar-refractivity contribution in [1.29, 1.82) is 0 Å². The van der Waals surface area contributed by atoms with Crippen LogP contribution in [0.25, 0.3) is 0 Å². The van der Waals surface area contributed by atoms with Crippen molar-refractivity contribution in [2.75, 3.05) is 6.54 Å². The molecule has 0 bridgehead atoms. The van der Waals surface area contributed by atoms with Gasteiger partial charge in [-0.15, -0.1) is 5.10 Å². The van der Waals surface area contributed by atoms with Crippen LogP contribution in [-0.4, -0.2) is 33.0 Å². The lowest BCUT2D eigenvalue weighted by molar-refractivity contribution is -0.121. The summed E-state index contributed by atoms with van der Waals surface area (Å²) in [5.41, 5.74) is 5.85. The van der Waals surface area contributed by atoms with E-state index in [1.54, 1.807) is 17.1 Å². The summed E-state index contributed by atoms with van der Waals surface area (Å²) in [7, 11) is 0. The zero-order chi connectivity index (χ0) is 11.4. The summed E-state index contributed by atoms with van der Waals surface area (Å²) in [6, 6.07) is 0. The summed E-state index contributed by atoms with van der Waals surface area (Å²) in [6.45, 7) is 1.15. The molecule has 1 aliphatic carbocycles. The van der Waals surface area contributed by atoms with E-state index >= 15 is 0 Å². The molecule has 0 spiro atoms. The second-order valence-electron chi connectivity index (χ2n) is 4.41. The molecule has 0 unspecified atom stereocenters. The Morgan fingerprint density at radius 3 is 2.94 bits per heavy atom. The minimum atomic E-state index is -0.150. The van der Waals surface area contributed by atoms with Crippen LogP contribution in [0.2, 0.25) is 0 Å². The number of carbonyl (C=O) groups is 1. The largest absolute Gasteiger partial charge is 0.354 e. The quantitative estimate of drug-likeness (QED) is 0.715. The molecular weight excluding hydrogens is 206 g/mol. The number of hydrogen-bond donors (Lipinski definition) is 2. The summed E-state index contributed by atoms with van der Waals surface area (Å²) in [4.78, 5) is 11.5. The maximum atomic E-state index is 11.5. The fraction of sp³-hybridized carbons (Fsp3) is 0.700. The first-order valence-electron chi connectivity index (χ1n) is 5.58. The molecule has 16 heavy (non-hydrogen) atoms. The lowest BCUT2D eigenvalue weighted by Crippen LogP contribution is -2.55. The van der Waals surface area contributed by atoms with Crippen molar-refractivity contribution in [3.05, 3.63) is 12.4 Å². The van der Waals surface area contributed by atoms with Crippen molar-refractivity contribution in [2.24, 2.45) is 5.73 Å². The molecule has 1 aromatic rings. The second kappa shape index (κ2) is 4.61. The van der Waals surface area contributed by atoms with Crippen LogP contribution in [0.5, 0.6) is 0 Å². The highest BCUT2D eigenvalue weighted by Gasteiger charge is 2.32. The van der Waals surface area contributed by atoms with E-state index < -0.39 is 0 Å². The van der Waals surface area contributed by atoms with Crippen LogP contribution in [0.4, 0.5) is 0 Å². The molecule has 0 aromatic carbocycles. The molecule has 1 heterocycles. The van der Waals surface area contributed by atoms with E-state index in [4.69, 9.17) is 5.73 Å². The Balaban J connectivity index is 1.65. The summed E-state index contributed by atoms with van der Waals surface area (Å²) >= 11 is 0. The molecule has 3 N–H and O–H groups in total. The second-order valence-corrected chi connectivity index (χ2v) is 4.41. The predicted octanol–water partition coefficient (Wildman–Crippen LogP) is -0.334. The van der Waals surface area contributed by atoms with Gasteiger partial charge in [-0.1, -0.05) is 5.21 Å². The predicted molar refractivity (Wildman–Crippen MR) is 58.4 cm³/mol. The number of carbonyl (C=O) groups excluding carboxylic acids is 1. The van der Waals surface area contributed by atoms with Gasteiger partial charge >= 0.3 is 0 Å². The summed E-state index contributed by atoms with van der Waals surface area (Å²) in [5, 5.41) is 10.3. The van der Waals surface area contributed by atoms with E-state index in [1.165, 1.54) is 6.42 Å². The number of hydrogen-bond acceptors (Lipinski definition) is 4. The zero-order valence-corrected chi connectivity index (χ0v) is 9.22. The maximum Gasteiger partial charge on any atom is 0.221 e. The number of nitrogens with two attached hydrogens (primary N) is 1. The number of nitrogens with zero attached hydrogens (tertiary/aromatic N) is 3. The molecule has 1 amide bonds. The van der Waals surface area contributed by atoms with Gasteiger partial charge in [0, 0.05) is 24.7 Å². The van der Waals surface area contributed by atoms with Crippen LogP contribution >= 0.6 is 0 Å². The van der Waals surface area contributed by atoms with Gasteiger partial charge in [-0.25, -0.2) is 0 Å². The van der Waals surface area contributed by atoms with Crippen molar-refractivity contribution < 1.29 is 4.79 Å². The lowest BCUT2D eigenvalue weighted by atomic mass is 9.78. The number of aryl methyl sites for hydroxylation is 1. The molecule has 0 radical (unpaired) electrons. The number of amides is 1. The summed E-state index contributed by atoms with van der Waals surface area (Å²) in [5.74, 6) is 0.0206. The molecule has 0 saturated heterocycles. The van der Waals surface area contributed by atoms with Gasteiger partial charge in [-0.2, -0.15) is 0 Å². The molecule has 6 nitrogen and oxygen atoms in total. The van der Waals surface area contributed by atoms with Crippen molar-refractivity contribution in [2.45, 2.75) is 37.8 Å². The highest BCUT2D eigenvalue weighted by atomic mass is 16.1. The van der Waals surface area contributed by atoms with Gasteiger partial charge in [0.1, 0.15) is 0 Å². The topological polar surface area (TPSA) is 85.8 Å². The standard InChI is InChI=1S/C10H17N5O/c11-10(3-1-4-10)8-12-9(16)2-6-15-7-5-13-14-15/h5,7H,1-4,6,8,11H2,(H,12,16). The molecule has 1 fully saturated rings. The molecular formula is C10H17N5O. The fourth-order valence-electron chi connectivity index (χ4n) is 1.74. The van der Waals surface area contributed by atoms with Crippen LogP contribution in [0.1, 0.15) is 25.7 Å². The Hall–Kier alpha value is -1.43. The van der Waals surface area contributed by atoms with Crippen LogP contribution < -0.4 is 11.1 Å². The number of rotatable bonds is 5. The monoisotopic (exact) mass is 223 g/mol. The molecule has 1 saturated carbocycles. The van der Waals surface area contributed by atoms with Crippen LogP contribution in [0.3, 0.4) is 0 Å². The van der Waals surface area contributed by atoms with Crippen molar-refractivity contribution in [3.8, 4) is 0 Å². The van der Waals surface area contributed by atoms with Crippen molar-refractivity contribution in [1.82, 2.24) is 20.3 Å². The van der Waals surface area contributed by atoms with Crippen LogP contribution in [0, 0.1) is 0 Å². The minimum absolute atomic E-state index is 0.0206. The molecule has 0 atom stereocenters. The van der Waals surface area contributed by atoms with E-state index in [0.29, 0.717) is 19.5 Å². The maximum absolute atomic E-state index is 11.5. The number of nitrogens with one attached hydrogen (secondary N) is 1. The Morgan fingerprint density at radius 2 is 2.38 bits per heavy atom. The molecule has 6 heteroatoms. The van der Waals surface area contributed by atoms with E-state index in [1.807, 2.05) is 0 Å². The van der Waals surface area contributed by atoms with Gasteiger partial charge in [0.2, 0.25) is 5.91 Å². The zero-order valence-electron chi connectivity index (χ0n) is 9.22. The Morgan fingerprint density at radius 1 is 1.56 bits per heavy atom. The molecule has 1 aromatic heterocycles. The molecule has 88 valence electrons. The van der Waals surface area contributed by atoms with Gasteiger partial charge in [0.25, 0.3) is 0 Å². The lowest BCUT2D eigenvalue weighted by Gasteiger charge is -2.38. The van der Waals surface area contributed by atoms with E-state index in [-0.39, 0.29) is 11.4 Å². The molecule has 1 aliphatic rings. The average molecular weight is 223 g/mol. The van der Waals surface area contributed by atoms with Crippen molar-refractivity contribution in [3.63, 3.8) is 0 Å². The Labute approximate surface area is 94.2 Å². The molecule has 0 aliphatic heterocycles. The minimum Gasteiger partial charge on any atom is -0.354 e. The highest BCUT2D eigenvalue weighted by Crippen LogP contribution is 2.27. The van der Waals surface area contributed by atoms with Gasteiger partial charge in [-0.3, -0.25) is 9.48 Å². The van der Waals surface area contributed by atoms with E-state index in [9.17, 15) is 4.79 Å². The van der Waals surface area contributed by atoms with Gasteiger partial charge in [0.15, 0.2) is 0 Å². The third-order valence-electron chi connectivity index (χ3n) is 3.03.